The van der Waals surface area contributed by atoms with E-state index in [4.69, 9.17) is 0 Å². The molecular weight excluding hydrogens is 220 g/mol. The van der Waals surface area contributed by atoms with Crippen molar-refractivity contribution in [2.24, 2.45) is 0 Å². The predicted molar refractivity (Wildman–Crippen MR) is 78.1 cm³/mol. The fourth-order valence-electron chi connectivity index (χ4n) is 3.29. The molecule has 0 amide bonds. The van der Waals surface area contributed by atoms with Crippen molar-refractivity contribution in [2.45, 2.75) is 39.7 Å². The summed E-state index contributed by atoms with van der Waals surface area (Å²) in [6, 6.07) is 5.07. The first-order chi connectivity index (χ1) is 8.61. The number of benzene rings is 1. The van der Waals surface area contributed by atoms with Gasteiger partial charge in [0, 0.05) is 12.6 Å². The molecule has 2 heteroatoms. The van der Waals surface area contributed by atoms with Crippen molar-refractivity contribution in [3.8, 4) is 0 Å². The topological polar surface area (TPSA) is 15.3 Å². The summed E-state index contributed by atoms with van der Waals surface area (Å²) in [6.45, 7) is 10.3. The fourth-order valence-corrected chi connectivity index (χ4v) is 3.29. The second kappa shape index (κ2) is 5.85. The molecule has 0 aliphatic carbocycles. The van der Waals surface area contributed by atoms with E-state index in [0.717, 1.165) is 6.54 Å². The lowest BCUT2D eigenvalue weighted by Gasteiger charge is -2.26. The Hall–Kier alpha value is -0.860. The lowest BCUT2D eigenvalue weighted by molar-refractivity contribution is 0.298. The third-order valence-corrected chi connectivity index (χ3v) is 4.07. The molecule has 1 unspecified atom stereocenters. The van der Waals surface area contributed by atoms with Gasteiger partial charge in [0.15, 0.2) is 0 Å². The van der Waals surface area contributed by atoms with E-state index in [1.807, 2.05) is 0 Å². The maximum absolute atomic E-state index is 3.50. The van der Waals surface area contributed by atoms with Crippen LogP contribution in [0.4, 0.5) is 0 Å². The van der Waals surface area contributed by atoms with Gasteiger partial charge in [0.2, 0.25) is 0 Å². The molecule has 1 aromatic carbocycles. The molecule has 2 nitrogen and oxygen atoms in total. The summed E-state index contributed by atoms with van der Waals surface area (Å²) in [5.74, 6) is 0. The average Bonchev–Trinajstić information content (AvgIpc) is 2.79. The van der Waals surface area contributed by atoms with Crippen LogP contribution in [0.25, 0.3) is 0 Å². The molecular formula is C16H26N2. The van der Waals surface area contributed by atoms with E-state index in [-0.39, 0.29) is 0 Å². The largest absolute Gasteiger partial charge is 0.312 e. The van der Waals surface area contributed by atoms with Crippen LogP contribution in [-0.2, 0) is 0 Å². The van der Waals surface area contributed by atoms with Gasteiger partial charge in [-0.3, -0.25) is 0 Å². The van der Waals surface area contributed by atoms with Gasteiger partial charge in [0.05, 0.1) is 0 Å². The maximum Gasteiger partial charge on any atom is 0.0452 e. The number of likely N-dealkylation sites (N-methyl/N-ethyl adjacent to an activating group) is 1. The van der Waals surface area contributed by atoms with Crippen LogP contribution in [0.5, 0.6) is 0 Å². The minimum absolute atomic E-state index is 0.462. The molecule has 1 heterocycles. The van der Waals surface area contributed by atoms with E-state index in [1.54, 1.807) is 0 Å². The van der Waals surface area contributed by atoms with Gasteiger partial charge in [-0.25, -0.2) is 0 Å². The van der Waals surface area contributed by atoms with Crippen LogP contribution in [0.1, 0.15) is 41.1 Å². The third-order valence-electron chi connectivity index (χ3n) is 4.07. The van der Waals surface area contributed by atoms with Crippen molar-refractivity contribution >= 4 is 0 Å². The SMILES string of the molecule is CNC(CN1CCCC1)c1c(C)cc(C)cc1C. The number of nitrogens with zero attached hydrogens (tertiary/aromatic N) is 1. The highest BCUT2D eigenvalue weighted by Crippen LogP contribution is 2.25. The number of aryl methyl sites for hydroxylation is 3. The van der Waals surface area contributed by atoms with Gasteiger partial charge in [0.1, 0.15) is 0 Å². The Morgan fingerprint density at radius 3 is 2.17 bits per heavy atom. The Morgan fingerprint density at radius 1 is 1.11 bits per heavy atom. The van der Waals surface area contributed by atoms with Crippen LogP contribution in [0, 0.1) is 20.8 Å². The van der Waals surface area contributed by atoms with Crippen molar-refractivity contribution in [3.63, 3.8) is 0 Å². The molecule has 0 radical (unpaired) electrons. The molecule has 100 valence electrons. The van der Waals surface area contributed by atoms with Crippen LogP contribution in [0.2, 0.25) is 0 Å². The van der Waals surface area contributed by atoms with E-state index < -0.39 is 0 Å². The highest BCUT2D eigenvalue weighted by atomic mass is 15.2. The zero-order valence-corrected chi connectivity index (χ0v) is 12.2. The molecule has 0 spiro atoms. The van der Waals surface area contributed by atoms with Crippen molar-refractivity contribution in [1.29, 1.82) is 0 Å². The van der Waals surface area contributed by atoms with Gasteiger partial charge in [-0.05, 0) is 70.4 Å². The minimum atomic E-state index is 0.462. The van der Waals surface area contributed by atoms with Gasteiger partial charge < -0.3 is 10.2 Å². The smallest absolute Gasteiger partial charge is 0.0452 e. The van der Waals surface area contributed by atoms with Gasteiger partial charge in [-0.1, -0.05) is 17.7 Å². The average molecular weight is 246 g/mol. The summed E-state index contributed by atoms with van der Waals surface area (Å²) in [7, 11) is 2.08. The van der Waals surface area contributed by atoms with Gasteiger partial charge in [-0.15, -0.1) is 0 Å². The number of hydrogen-bond acceptors (Lipinski definition) is 2. The monoisotopic (exact) mass is 246 g/mol. The molecule has 0 aromatic heterocycles. The Balaban J connectivity index is 2.21. The van der Waals surface area contributed by atoms with Crippen molar-refractivity contribution in [1.82, 2.24) is 10.2 Å². The first kappa shape index (κ1) is 13.6. The summed E-state index contributed by atoms with van der Waals surface area (Å²) in [5.41, 5.74) is 5.71. The molecule has 0 saturated carbocycles. The zero-order chi connectivity index (χ0) is 13.1. The van der Waals surface area contributed by atoms with Crippen molar-refractivity contribution < 1.29 is 0 Å². The standard InChI is InChI=1S/C16H26N2/c1-12-9-13(2)16(14(3)10-12)15(17-4)11-18-7-5-6-8-18/h9-10,15,17H,5-8,11H2,1-4H3. The molecule has 1 atom stereocenters. The van der Waals surface area contributed by atoms with Gasteiger partial charge >= 0.3 is 0 Å². The Bertz CT molecular complexity index is 383. The summed E-state index contributed by atoms with van der Waals surface area (Å²) < 4.78 is 0. The Morgan fingerprint density at radius 2 is 1.67 bits per heavy atom. The summed E-state index contributed by atoms with van der Waals surface area (Å²) >= 11 is 0. The van der Waals surface area contributed by atoms with Crippen LogP contribution < -0.4 is 5.32 Å². The highest BCUT2D eigenvalue weighted by Gasteiger charge is 2.20. The highest BCUT2D eigenvalue weighted by molar-refractivity contribution is 5.39. The molecule has 2 rings (SSSR count). The summed E-state index contributed by atoms with van der Waals surface area (Å²) in [6.07, 6.45) is 2.73. The second-order valence-corrected chi connectivity index (χ2v) is 5.66. The molecule has 18 heavy (non-hydrogen) atoms. The van der Waals surface area contributed by atoms with Crippen LogP contribution >= 0.6 is 0 Å². The molecule has 1 fully saturated rings. The van der Waals surface area contributed by atoms with E-state index in [1.165, 1.54) is 48.2 Å². The van der Waals surface area contributed by atoms with Crippen molar-refractivity contribution in [3.05, 3.63) is 34.4 Å². The van der Waals surface area contributed by atoms with Crippen LogP contribution in [0.15, 0.2) is 12.1 Å². The molecule has 1 saturated heterocycles. The summed E-state index contributed by atoms with van der Waals surface area (Å²) in [4.78, 5) is 2.58. The third kappa shape index (κ3) is 2.93. The maximum atomic E-state index is 3.50. The van der Waals surface area contributed by atoms with E-state index in [2.05, 4.69) is 50.2 Å². The number of hydrogen-bond donors (Lipinski definition) is 1. The molecule has 0 bridgehead atoms. The normalized spacial score (nSPS) is 18.2. The number of rotatable bonds is 4. The molecule has 1 aliphatic heterocycles. The lowest BCUT2D eigenvalue weighted by Crippen LogP contribution is -2.32. The molecule has 1 aromatic rings. The quantitative estimate of drug-likeness (QED) is 0.878. The second-order valence-electron chi connectivity index (χ2n) is 5.66. The molecule has 1 N–H and O–H groups in total. The minimum Gasteiger partial charge on any atom is -0.312 e. The van der Waals surface area contributed by atoms with E-state index in [0.29, 0.717) is 6.04 Å². The first-order valence-corrected chi connectivity index (χ1v) is 7.09. The van der Waals surface area contributed by atoms with Crippen molar-refractivity contribution in [2.75, 3.05) is 26.7 Å². The van der Waals surface area contributed by atoms with Gasteiger partial charge in [-0.2, -0.15) is 0 Å². The lowest BCUT2D eigenvalue weighted by atomic mass is 9.94. The predicted octanol–water partition coefficient (Wildman–Crippen LogP) is 2.97. The van der Waals surface area contributed by atoms with Crippen LogP contribution in [-0.4, -0.2) is 31.6 Å². The van der Waals surface area contributed by atoms with E-state index >= 15 is 0 Å². The zero-order valence-electron chi connectivity index (χ0n) is 12.2. The number of likely N-dealkylation sites (tertiary alicyclic amines) is 1. The first-order valence-electron chi connectivity index (χ1n) is 7.09. The molecule has 1 aliphatic rings. The van der Waals surface area contributed by atoms with Gasteiger partial charge in [0.25, 0.3) is 0 Å². The Labute approximate surface area is 111 Å². The van der Waals surface area contributed by atoms with Crippen LogP contribution in [0.3, 0.4) is 0 Å². The fraction of sp³-hybridized carbons (Fsp3) is 0.625. The number of nitrogens with one attached hydrogen (secondary N) is 1. The van der Waals surface area contributed by atoms with E-state index in [9.17, 15) is 0 Å². The summed E-state index contributed by atoms with van der Waals surface area (Å²) in [5, 5.41) is 3.50. The Kier molecular flexibility index (Phi) is 4.41.